The lowest BCUT2D eigenvalue weighted by Gasteiger charge is -2.26. The number of benzene rings is 1. The van der Waals surface area contributed by atoms with E-state index >= 15 is 0 Å². The Morgan fingerprint density at radius 3 is 2.42 bits per heavy atom. The quantitative estimate of drug-likeness (QED) is 0.395. The Balaban J connectivity index is 1.71. The molecule has 0 unspecified atom stereocenters. The smallest absolute Gasteiger partial charge is 0.305 e. The number of carbonyl (C=O) groups is 2. The molecule has 0 saturated carbocycles. The number of morpholine rings is 1. The average molecular weight is 333 g/mol. The third-order valence-electron chi connectivity index (χ3n) is 4.13. The van der Waals surface area contributed by atoms with Crippen LogP contribution in [0.3, 0.4) is 0 Å². The summed E-state index contributed by atoms with van der Waals surface area (Å²) in [5.74, 6) is -0.0470. The lowest BCUT2D eigenvalue weighted by atomic mass is 10.0. The van der Waals surface area contributed by atoms with Crippen LogP contribution in [0.5, 0.6) is 0 Å². The summed E-state index contributed by atoms with van der Waals surface area (Å²) >= 11 is 0. The summed E-state index contributed by atoms with van der Waals surface area (Å²) in [5.41, 5.74) is 1.97. The van der Waals surface area contributed by atoms with E-state index in [1.807, 2.05) is 24.3 Å². The molecule has 0 spiro atoms. The molecule has 0 radical (unpaired) electrons. The Kier molecular flexibility index (Phi) is 7.92. The van der Waals surface area contributed by atoms with Crippen molar-refractivity contribution in [2.45, 2.75) is 39.2 Å². The maximum atomic E-state index is 12.2. The second-order valence-corrected chi connectivity index (χ2v) is 6.02. The first kappa shape index (κ1) is 18.6. The normalized spacial score (nSPS) is 15.2. The van der Waals surface area contributed by atoms with Crippen LogP contribution in [0.2, 0.25) is 0 Å². The van der Waals surface area contributed by atoms with Crippen molar-refractivity contribution in [2.24, 2.45) is 0 Å². The molecule has 5 heteroatoms. The number of carbonyl (C=O) groups excluding carboxylic acids is 2. The van der Waals surface area contributed by atoms with Crippen molar-refractivity contribution < 1.29 is 19.1 Å². The van der Waals surface area contributed by atoms with Gasteiger partial charge in [0, 0.05) is 38.0 Å². The molecule has 132 valence electrons. The van der Waals surface area contributed by atoms with Crippen molar-refractivity contribution in [3.63, 3.8) is 0 Å². The number of hydrogen-bond acceptors (Lipinski definition) is 5. The molecule has 1 aliphatic rings. The van der Waals surface area contributed by atoms with Gasteiger partial charge in [-0.25, -0.2) is 0 Å². The number of ketones is 1. The second kappa shape index (κ2) is 10.2. The Labute approximate surface area is 143 Å². The van der Waals surface area contributed by atoms with Gasteiger partial charge in [-0.3, -0.25) is 14.5 Å². The zero-order chi connectivity index (χ0) is 17.2. The summed E-state index contributed by atoms with van der Waals surface area (Å²) in [6.45, 7) is 6.61. The van der Waals surface area contributed by atoms with Crippen molar-refractivity contribution in [2.75, 3.05) is 32.9 Å². The monoisotopic (exact) mass is 333 g/mol. The van der Waals surface area contributed by atoms with E-state index in [0.29, 0.717) is 32.3 Å². The Morgan fingerprint density at radius 2 is 1.75 bits per heavy atom. The Hall–Kier alpha value is -1.72. The first-order valence-corrected chi connectivity index (χ1v) is 8.77. The number of Topliss-reactive ketones (excluding diaryl/α,β-unsaturated/α-hetero) is 1. The molecule has 1 fully saturated rings. The SMILES string of the molecule is CCOC(=O)CCCCC(=O)c1ccc(CN2CCOCC2)cc1. The van der Waals surface area contributed by atoms with Gasteiger partial charge in [-0.2, -0.15) is 0 Å². The van der Waals surface area contributed by atoms with Crippen LogP contribution < -0.4 is 0 Å². The molecule has 0 N–H and O–H groups in total. The largest absolute Gasteiger partial charge is 0.466 e. The molecule has 0 aromatic heterocycles. The highest BCUT2D eigenvalue weighted by Gasteiger charge is 2.11. The first-order valence-electron chi connectivity index (χ1n) is 8.77. The highest BCUT2D eigenvalue weighted by molar-refractivity contribution is 5.96. The molecular weight excluding hydrogens is 306 g/mol. The Bertz CT molecular complexity index is 521. The van der Waals surface area contributed by atoms with E-state index < -0.39 is 0 Å². The number of ether oxygens (including phenoxy) is 2. The molecule has 0 aliphatic carbocycles. The minimum absolute atomic E-state index is 0.136. The van der Waals surface area contributed by atoms with E-state index in [0.717, 1.165) is 38.4 Å². The summed E-state index contributed by atoms with van der Waals surface area (Å²) < 4.78 is 10.2. The highest BCUT2D eigenvalue weighted by Crippen LogP contribution is 2.12. The van der Waals surface area contributed by atoms with Gasteiger partial charge in [0.05, 0.1) is 19.8 Å². The standard InChI is InChI=1S/C19H27NO4/c1-2-24-19(22)6-4-3-5-18(21)17-9-7-16(8-10-17)15-20-11-13-23-14-12-20/h7-10H,2-6,11-15H2,1H3. The zero-order valence-electron chi connectivity index (χ0n) is 14.5. The molecule has 0 atom stereocenters. The van der Waals surface area contributed by atoms with Crippen LogP contribution in [0.1, 0.15) is 48.5 Å². The molecule has 0 bridgehead atoms. The lowest BCUT2D eigenvalue weighted by Crippen LogP contribution is -2.35. The summed E-state index contributed by atoms with van der Waals surface area (Å²) in [4.78, 5) is 25.8. The van der Waals surface area contributed by atoms with Crippen molar-refractivity contribution >= 4 is 11.8 Å². The zero-order valence-corrected chi connectivity index (χ0v) is 14.5. The van der Waals surface area contributed by atoms with E-state index in [2.05, 4.69) is 4.90 Å². The van der Waals surface area contributed by atoms with Gasteiger partial charge < -0.3 is 9.47 Å². The summed E-state index contributed by atoms with van der Waals surface area (Å²) in [6.07, 6.45) is 2.27. The van der Waals surface area contributed by atoms with E-state index in [1.165, 1.54) is 5.56 Å². The highest BCUT2D eigenvalue weighted by atomic mass is 16.5. The van der Waals surface area contributed by atoms with Gasteiger partial charge in [0.2, 0.25) is 0 Å². The van der Waals surface area contributed by atoms with Crippen LogP contribution >= 0.6 is 0 Å². The van der Waals surface area contributed by atoms with Crippen LogP contribution in [-0.2, 0) is 20.8 Å². The van der Waals surface area contributed by atoms with Crippen LogP contribution in [0.15, 0.2) is 24.3 Å². The summed E-state index contributed by atoms with van der Waals surface area (Å²) in [6, 6.07) is 7.87. The maximum absolute atomic E-state index is 12.2. The number of esters is 1. The third kappa shape index (κ3) is 6.42. The van der Waals surface area contributed by atoms with Gasteiger partial charge in [0.15, 0.2) is 5.78 Å². The van der Waals surface area contributed by atoms with Crippen LogP contribution in [0.25, 0.3) is 0 Å². The van der Waals surface area contributed by atoms with Crippen molar-refractivity contribution in [3.05, 3.63) is 35.4 Å². The van der Waals surface area contributed by atoms with Crippen molar-refractivity contribution in [1.82, 2.24) is 4.90 Å². The van der Waals surface area contributed by atoms with Gasteiger partial charge in [-0.1, -0.05) is 24.3 Å². The first-order chi connectivity index (χ1) is 11.7. The lowest BCUT2D eigenvalue weighted by molar-refractivity contribution is -0.143. The molecule has 1 aromatic carbocycles. The van der Waals surface area contributed by atoms with Gasteiger partial charge in [0.25, 0.3) is 0 Å². The molecule has 0 amide bonds. The predicted molar refractivity (Wildman–Crippen MR) is 92.0 cm³/mol. The Morgan fingerprint density at radius 1 is 1.08 bits per heavy atom. The summed E-state index contributed by atoms with van der Waals surface area (Å²) in [5, 5.41) is 0. The molecule has 2 rings (SSSR count). The number of nitrogens with zero attached hydrogens (tertiary/aromatic N) is 1. The predicted octanol–water partition coefficient (Wildman–Crippen LogP) is 2.83. The summed E-state index contributed by atoms with van der Waals surface area (Å²) in [7, 11) is 0. The van der Waals surface area contributed by atoms with Gasteiger partial charge >= 0.3 is 5.97 Å². The molecule has 5 nitrogen and oxygen atoms in total. The van der Waals surface area contributed by atoms with Crippen LogP contribution in [-0.4, -0.2) is 49.6 Å². The van der Waals surface area contributed by atoms with E-state index in [1.54, 1.807) is 6.92 Å². The molecule has 1 saturated heterocycles. The number of rotatable bonds is 9. The molecule has 1 heterocycles. The molecule has 24 heavy (non-hydrogen) atoms. The fourth-order valence-corrected chi connectivity index (χ4v) is 2.75. The van der Waals surface area contributed by atoms with Crippen LogP contribution in [0, 0.1) is 0 Å². The second-order valence-electron chi connectivity index (χ2n) is 6.02. The number of hydrogen-bond donors (Lipinski definition) is 0. The van der Waals surface area contributed by atoms with Gasteiger partial charge in [0.1, 0.15) is 0 Å². The van der Waals surface area contributed by atoms with E-state index in [9.17, 15) is 9.59 Å². The number of unbranched alkanes of at least 4 members (excludes halogenated alkanes) is 1. The molecule has 1 aliphatic heterocycles. The van der Waals surface area contributed by atoms with E-state index in [4.69, 9.17) is 9.47 Å². The minimum Gasteiger partial charge on any atom is -0.466 e. The van der Waals surface area contributed by atoms with Gasteiger partial charge in [-0.15, -0.1) is 0 Å². The minimum atomic E-state index is -0.183. The average Bonchev–Trinajstić information content (AvgIpc) is 2.60. The van der Waals surface area contributed by atoms with E-state index in [-0.39, 0.29) is 11.8 Å². The molecule has 1 aromatic rings. The molecular formula is C19H27NO4. The maximum Gasteiger partial charge on any atom is 0.305 e. The third-order valence-corrected chi connectivity index (χ3v) is 4.13. The van der Waals surface area contributed by atoms with Crippen LogP contribution in [0.4, 0.5) is 0 Å². The fraction of sp³-hybridized carbons (Fsp3) is 0.579. The topological polar surface area (TPSA) is 55.8 Å². The van der Waals surface area contributed by atoms with Gasteiger partial charge in [-0.05, 0) is 25.3 Å². The van der Waals surface area contributed by atoms with Crippen molar-refractivity contribution in [1.29, 1.82) is 0 Å². The van der Waals surface area contributed by atoms with Crippen molar-refractivity contribution in [3.8, 4) is 0 Å². The fourth-order valence-electron chi connectivity index (χ4n) is 2.75.